The van der Waals surface area contributed by atoms with Crippen LogP contribution < -0.4 is 15.1 Å². The highest BCUT2D eigenvalue weighted by molar-refractivity contribution is 6.25. The molecule has 2 aromatic carbocycles. The Balaban J connectivity index is 1.65. The van der Waals surface area contributed by atoms with E-state index in [1.54, 1.807) is 25.3 Å². The Bertz CT molecular complexity index is 902. The highest BCUT2D eigenvalue weighted by atomic mass is 16.7. The van der Waals surface area contributed by atoms with Gasteiger partial charge in [0.2, 0.25) is 11.5 Å². The third-order valence-electron chi connectivity index (χ3n) is 4.64. The van der Waals surface area contributed by atoms with Crippen molar-refractivity contribution in [2.24, 2.45) is 0 Å². The SMILES string of the molecule is COc1ccc(C2=C[C@@]3(CC(=O)N(c4ccc(C)cc4)C3=O)ON2)cc1. The summed E-state index contributed by atoms with van der Waals surface area (Å²) < 4.78 is 5.15. The van der Waals surface area contributed by atoms with Crippen LogP contribution in [0.4, 0.5) is 5.69 Å². The summed E-state index contributed by atoms with van der Waals surface area (Å²) in [7, 11) is 1.60. The van der Waals surface area contributed by atoms with Gasteiger partial charge in [-0.05, 0) is 55.0 Å². The Hall–Kier alpha value is -3.12. The second-order valence-corrected chi connectivity index (χ2v) is 6.43. The number of carbonyl (C=O) groups is 2. The van der Waals surface area contributed by atoms with Crippen LogP contribution in [-0.4, -0.2) is 24.5 Å². The van der Waals surface area contributed by atoms with Gasteiger partial charge in [0.25, 0.3) is 5.91 Å². The molecule has 1 fully saturated rings. The average molecular weight is 350 g/mol. The fraction of sp³-hybridized carbons (Fsp3) is 0.200. The Morgan fingerprint density at radius 2 is 1.77 bits per heavy atom. The normalized spacial score (nSPS) is 21.9. The third kappa shape index (κ3) is 2.55. The second-order valence-electron chi connectivity index (χ2n) is 6.43. The molecule has 2 heterocycles. The number of ether oxygens (including phenoxy) is 1. The van der Waals surface area contributed by atoms with Crippen molar-refractivity contribution in [3.05, 3.63) is 65.7 Å². The summed E-state index contributed by atoms with van der Waals surface area (Å²) in [5.41, 5.74) is 4.60. The largest absolute Gasteiger partial charge is 0.497 e. The summed E-state index contributed by atoms with van der Waals surface area (Å²) in [5, 5.41) is 0. The van der Waals surface area contributed by atoms with Gasteiger partial charge in [-0.25, -0.2) is 4.90 Å². The number of hydrogen-bond donors (Lipinski definition) is 1. The van der Waals surface area contributed by atoms with E-state index in [0.717, 1.165) is 16.9 Å². The Kier molecular flexibility index (Phi) is 3.77. The number of aryl methyl sites for hydroxylation is 1. The van der Waals surface area contributed by atoms with E-state index in [4.69, 9.17) is 9.57 Å². The molecule has 2 amide bonds. The van der Waals surface area contributed by atoms with E-state index in [1.807, 2.05) is 43.3 Å². The van der Waals surface area contributed by atoms with Crippen LogP contribution >= 0.6 is 0 Å². The lowest BCUT2D eigenvalue weighted by Gasteiger charge is -2.18. The van der Waals surface area contributed by atoms with Gasteiger partial charge in [0.15, 0.2) is 0 Å². The van der Waals surface area contributed by atoms with Crippen molar-refractivity contribution in [3.63, 3.8) is 0 Å². The number of amides is 2. The first kappa shape index (κ1) is 16.4. The van der Waals surface area contributed by atoms with Crippen LogP contribution in [0.3, 0.4) is 0 Å². The highest BCUT2D eigenvalue weighted by Crippen LogP contribution is 2.38. The van der Waals surface area contributed by atoms with Crippen LogP contribution in [0.25, 0.3) is 5.70 Å². The van der Waals surface area contributed by atoms with Crippen LogP contribution in [0.5, 0.6) is 5.75 Å². The number of methoxy groups -OCH3 is 1. The van der Waals surface area contributed by atoms with Crippen molar-refractivity contribution in [2.75, 3.05) is 12.0 Å². The minimum Gasteiger partial charge on any atom is -0.497 e. The molecule has 6 heteroatoms. The minimum absolute atomic E-state index is 0.0354. The fourth-order valence-electron chi connectivity index (χ4n) is 3.18. The van der Waals surface area contributed by atoms with Crippen molar-refractivity contribution >= 4 is 23.2 Å². The Morgan fingerprint density at radius 1 is 1.08 bits per heavy atom. The van der Waals surface area contributed by atoms with Gasteiger partial charge in [-0.1, -0.05) is 17.7 Å². The quantitative estimate of drug-likeness (QED) is 0.862. The van der Waals surface area contributed by atoms with Crippen molar-refractivity contribution in [1.29, 1.82) is 0 Å². The third-order valence-corrected chi connectivity index (χ3v) is 4.64. The highest BCUT2D eigenvalue weighted by Gasteiger charge is 2.55. The van der Waals surface area contributed by atoms with Gasteiger partial charge in [-0.15, -0.1) is 0 Å². The van der Waals surface area contributed by atoms with Gasteiger partial charge in [0.05, 0.1) is 24.9 Å². The standard InChI is InChI=1S/C20H18N2O4/c1-13-3-7-15(8-4-13)22-18(23)12-20(19(22)24)11-17(21-26-20)14-5-9-16(25-2)10-6-14/h3-11,21H,12H2,1-2H3/t20-/m0/s1. The van der Waals surface area contributed by atoms with Gasteiger partial charge in [0, 0.05) is 0 Å². The molecule has 1 saturated heterocycles. The molecule has 1 spiro atoms. The van der Waals surface area contributed by atoms with Crippen LogP contribution in [0.1, 0.15) is 17.5 Å². The van der Waals surface area contributed by atoms with E-state index >= 15 is 0 Å². The monoisotopic (exact) mass is 350 g/mol. The molecule has 0 saturated carbocycles. The molecule has 0 radical (unpaired) electrons. The molecule has 0 bridgehead atoms. The maximum absolute atomic E-state index is 13.0. The molecular formula is C20H18N2O4. The van der Waals surface area contributed by atoms with Crippen molar-refractivity contribution < 1.29 is 19.2 Å². The molecule has 1 N–H and O–H groups in total. The van der Waals surface area contributed by atoms with Gasteiger partial charge < -0.3 is 4.74 Å². The molecule has 0 unspecified atom stereocenters. The van der Waals surface area contributed by atoms with E-state index in [1.165, 1.54) is 4.90 Å². The summed E-state index contributed by atoms with van der Waals surface area (Å²) >= 11 is 0. The summed E-state index contributed by atoms with van der Waals surface area (Å²) in [6, 6.07) is 14.6. The zero-order chi connectivity index (χ0) is 18.3. The Labute approximate surface area is 151 Å². The number of carbonyl (C=O) groups excluding carboxylic acids is 2. The van der Waals surface area contributed by atoms with Crippen molar-refractivity contribution in [3.8, 4) is 5.75 Å². The van der Waals surface area contributed by atoms with E-state index in [9.17, 15) is 9.59 Å². The molecule has 26 heavy (non-hydrogen) atoms. The maximum Gasteiger partial charge on any atom is 0.273 e. The molecule has 4 rings (SSSR count). The molecule has 132 valence electrons. The number of anilines is 1. The van der Waals surface area contributed by atoms with Crippen LogP contribution in [0.2, 0.25) is 0 Å². The summed E-state index contributed by atoms with van der Waals surface area (Å²) in [6.45, 7) is 1.95. The topological polar surface area (TPSA) is 67.9 Å². The van der Waals surface area contributed by atoms with E-state index in [2.05, 4.69) is 5.48 Å². The molecule has 0 aromatic heterocycles. The maximum atomic E-state index is 13.0. The lowest BCUT2D eigenvalue weighted by molar-refractivity contribution is -0.136. The average Bonchev–Trinajstić information content (AvgIpc) is 3.18. The number of hydrogen-bond acceptors (Lipinski definition) is 5. The zero-order valence-electron chi connectivity index (χ0n) is 14.5. The predicted molar refractivity (Wildman–Crippen MR) is 96.2 cm³/mol. The summed E-state index contributed by atoms with van der Waals surface area (Å²) in [4.78, 5) is 32.3. The first-order chi connectivity index (χ1) is 12.5. The molecule has 6 nitrogen and oxygen atoms in total. The molecular weight excluding hydrogens is 332 g/mol. The molecule has 2 aliphatic heterocycles. The second kappa shape index (κ2) is 6.00. The number of nitrogens with one attached hydrogen (secondary N) is 1. The number of imide groups is 1. The van der Waals surface area contributed by atoms with Crippen LogP contribution in [-0.2, 0) is 14.4 Å². The van der Waals surface area contributed by atoms with Gasteiger partial charge in [-0.3, -0.25) is 19.9 Å². The van der Waals surface area contributed by atoms with Crippen LogP contribution in [0.15, 0.2) is 54.6 Å². The number of benzene rings is 2. The minimum atomic E-state index is -1.31. The molecule has 0 aliphatic carbocycles. The van der Waals surface area contributed by atoms with Crippen LogP contribution in [0, 0.1) is 6.92 Å². The van der Waals surface area contributed by atoms with Gasteiger partial charge >= 0.3 is 0 Å². The molecule has 1 atom stereocenters. The van der Waals surface area contributed by atoms with E-state index < -0.39 is 5.60 Å². The van der Waals surface area contributed by atoms with Gasteiger partial charge in [0.1, 0.15) is 5.75 Å². The first-order valence-corrected chi connectivity index (χ1v) is 8.28. The zero-order valence-corrected chi connectivity index (χ0v) is 14.5. The van der Waals surface area contributed by atoms with Crippen molar-refractivity contribution in [1.82, 2.24) is 5.48 Å². The van der Waals surface area contributed by atoms with Crippen molar-refractivity contribution in [2.45, 2.75) is 18.9 Å². The molecule has 2 aromatic rings. The lowest BCUT2D eigenvalue weighted by Crippen LogP contribution is -2.40. The first-order valence-electron chi connectivity index (χ1n) is 8.28. The summed E-state index contributed by atoms with van der Waals surface area (Å²) in [6.07, 6.45) is 1.65. The fourth-order valence-corrected chi connectivity index (χ4v) is 3.18. The van der Waals surface area contributed by atoms with E-state index in [0.29, 0.717) is 11.4 Å². The lowest BCUT2D eigenvalue weighted by atomic mass is 9.99. The Morgan fingerprint density at radius 3 is 2.42 bits per heavy atom. The number of rotatable bonds is 3. The molecule has 2 aliphatic rings. The van der Waals surface area contributed by atoms with E-state index in [-0.39, 0.29) is 18.2 Å². The predicted octanol–water partition coefficient (Wildman–Crippen LogP) is 2.58. The smallest absolute Gasteiger partial charge is 0.273 e. The number of hydroxylamine groups is 1. The number of nitrogens with zero attached hydrogens (tertiary/aromatic N) is 1. The van der Waals surface area contributed by atoms with Gasteiger partial charge in [-0.2, -0.15) is 0 Å². The summed E-state index contributed by atoms with van der Waals surface area (Å²) in [5.74, 6) is 0.0656.